The summed E-state index contributed by atoms with van der Waals surface area (Å²) >= 11 is 0. The van der Waals surface area contributed by atoms with Crippen molar-refractivity contribution in [3.05, 3.63) is 35.4 Å². The van der Waals surface area contributed by atoms with Gasteiger partial charge < -0.3 is 5.73 Å². The largest absolute Gasteiger partial charge is 0.369 e. The number of carbonyl (C=O) groups excluding carboxylic acids is 2. The van der Waals surface area contributed by atoms with Crippen molar-refractivity contribution in [2.24, 2.45) is 11.7 Å². The van der Waals surface area contributed by atoms with Crippen molar-refractivity contribution in [2.75, 3.05) is 19.6 Å². The molecule has 0 bridgehead atoms. The molecule has 102 valence electrons. The Balaban J connectivity index is 2.05. The van der Waals surface area contributed by atoms with Crippen LogP contribution in [0, 0.1) is 17.6 Å². The molecule has 19 heavy (non-hydrogen) atoms. The number of likely N-dealkylation sites (tertiary alicyclic amines) is 1. The van der Waals surface area contributed by atoms with E-state index in [0.717, 1.165) is 12.1 Å². The Hall–Kier alpha value is -1.82. The van der Waals surface area contributed by atoms with E-state index in [9.17, 15) is 18.4 Å². The lowest BCUT2D eigenvalue weighted by atomic mass is 10.1. The summed E-state index contributed by atoms with van der Waals surface area (Å²) < 4.78 is 26.9. The smallest absolute Gasteiger partial charge is 0.221 e. The van der Waals surface area contributed by atoms with Crippen LogP contribution in [0.3, 0.4) is 0 Å². The first-order valence-corrected chi connectivity index (χ1v) is 5.98. The average molecular weight is 268 g/mol. The molecule has 0 spiro atoms. The Morgan fingerprint density at radius 3 is 2.47 bits per heavy atom. The first-order valence-electron chi connectivity index (χ1n) is 5.98. The normalized spacial score (nSPS) is 19.6. The van der Waals surface area contributed by atoms with E-state index in [2.05, 4.69) is 0 Å². The van der Waals surface area contributed by atoms with Gasteiger partial charge >= 0.3 is 0 Å². The highest BCUT2D eigenvalue weighted by atomic mass is 19.1. The number of halogens is 2. The van der Waals surface area contributed by atoms with Crippen LogP contribution >= 0.6 is 0 Å². The highest BCUT2D eigenvalue weighted by Crippen LogP contribution is 2.18. The van der Waals surface area contributed by atoms with Gasteiger partial charge in [-0.25, -0.2) is 8.78 Å². The fourth-order valence-electron chi connectivity index (χ4n) is 2.25. The van der Waals surface area contributed by atoms with Crippen molar-refractivity contribution in [3.8, 4) is 0 Å². The lowest BCUT2D eigenvalue weighted by Gasteiger charge is -2.14. The zero-order chi connectivity index (χ0) is 14.0. The number of primary amides is 1. The zero-order valence-electron chi connectivity index (χ0n) is 10.2. The van der Waals surface area contributed by atoms with Crippen LogP contribution in [0.25, 0.3) is 0 Å². The van der Waals surface area contributed by atoms with E-state index in [4.69, 9.17) is 5.73 Å². The number of ketones is 1. The minimum absolute atomic E-state index is 0.109. The summed E-state index contributed by atoms with van der Waals surface area (Å²) in [5.41, 5.74) is 4.66. The number of rotatable bonds is 4. The van der Waals surface area contributed by atoms with E-state index in [1.54, 1.807) is 4.90 Å². The average Bonchev–Trinajstić information content (AvgIpc) is 2.77. The molecule has 1 atom stereocenters. The van der Waals surface area contributed by atoms with Gasteiger partial charge in [-0.15, -0.1) is 0 Å². The summed E-state index contributed by atoms with van der Waals surface area (Å²) in [7, 11) is 0. The maximum atomic E-state index is 13.4. The van der Waals surface area contributed by atoms with Crippen LogP contribution in [0.15, 0.2) is 18.2 Å². The SMILES string of the molecule is NC(=O)C1CCN(CC(=O)c2c(F)cccc2F)C1. The molecule has 4 nitrogen and oxygen atoms in total. The fraction of sp³-hybridized carbons (Fsp3) is 0.385. The molecule has 0 aromatic heterocycles. The fourth-order valence-corrected chi connectivity index (χ4v) is 2.25. The van der Waals surface area contributed by atoms with Crippen LogP contribution in [0.1, 0.15) is 16.8 Å². The van der Waals surface area contributed by atoms with E-state index in [-0.39, 0.29) is 12.5 Å². The quantitative estimate of drug-likeness (QED) is 0.827. The number of amides is 1. The minimum atomic E-state index is -0.865. The number of carbonyl (C=O) groups is 2. The van der Waals surface area contributed by atoms with E-state index >= 15 is 0 Å². The maximum Gasteiger partial charge on any atom is 0.221 e. The minimum Gasteiger partial charge on any atom is -0.369 e. The summed E-state index contributed by atoms with van der Waals surface area (Å²) in [6, 6.07) is 3.30. The summed E-state index contributed by atoms with van der Waals surface area (Å²) in [6.45, 7) is 0.772. The number of nitrogens with two attached hydrogens (primary N) is 1. The monoisotopic (exact) mass is 268 g/mol. The van der Waals surface area contributed by atoms with E-state index in [1.807, 2.05) is 0 Å². The third-order valence-corrected chi connectivity index (χ3v) is 3.28. The topological polar surface area (TPSA) is 63.4 Å². The summed E-state index contributed by atoms with van der Waals surface area (Å²) in [6.07, 6.45) is 0.572. The molecule has 0 aliphatic carbocycles. The van der Waals surface area contributed by atoms with Gasteiger partial charge in [0.1, 0.15) is 11.6 Å². The molecule has 1 aliphatic heterocycles. The van der Waals surface area contributed by atoms with Gasteiger partial charge in [0.15, 0.2) is 5.78 Å². The molecule has 2 rings (SSSR count). The molecule has 2 N–H and O–H groups in total. The third kappa shape index (κ3) is 2.96. The van der Waals surface area contributed by atoms with Crippen LogP contribution in [0.5, 0.6) is 0 Å². The number of hydrogen-bond acceptors (Lipinski definition) is 3. The summed E-state index contributed by atoms with van der Waals surface area (Å²) in [4.78, 5) is 24.6. The summed E-state index contributed by atoms with van der Waals surface area (Å²) in [5, 5.41) is 0. The van der Waals surface area contributed by atoms with Crippen molar-refractivity contribution < 1.29 is 18.4 Å². The van der Waals surface area contributed by atoms with E-state index in [1.165, 1.54) is 6.07 Å². The third-order valence-electron chi connectivity index (χ3n) is 3.28. The standard InChI is InChI=1S/C13H14F2N2O2/c14-9-2-1-3-10(15)12(9)11(18)7-17-5-4-8(6-17)13(16)19/h1-3,8H,4-7H2,(H2,16,19). The lowest BCUT2D eigenvalue weighted by molar-refractivity contribution is -0.121. The van der Waals surface area contributed by atoms with Gasteiger partial charge in [-0.1, -0.05) is 6.07 Å². The van der Waals surface area contributed by atoms with Crippen molar-refractivity contribution in [1.82, 2.24) is 4.90 Å². The molecule has 1 aromatic carbocycles. The molecular formula is C13H14F2N2O2. The van der Waals surface area contributed by atoms with Crippen LogP contribution < -0.4 is 5.73 Å². The molecule has 0 saturated carbocycles. The summed E-state index contributed by atoms with van der Waals surface area (Å²) in [5.74, 6) is -3.06. The molecule has 1 unspecified atom stereocenters. The van der Waals surface area contributed by atoms with Gasteiger partial charge in [0.25, 0.3) is 0 Å². The van der Waals surface area contributed by atoms with Crippen molar-refractivity contribution in [1.29, 1.82) is 0 Å². The van der Waals surface area contributed by atoms with Gasteiger partial charge in [0, 0.05) is 6.54 Å². The number of hydrogen-bond donors (Lipinski definition) is 1. The van der Waals surface area contributed by atoms with Gasteiger partial charge in [0.2, 0.25) is 5.91 Å². The molecule has 1 aliphatic rings. The van der Waals surface area contributed by atoms with Crippen molar-refractivity contribution >= 4 is 11.7 Å². The van der Waals surface area contributed by atoms with Gasteiger partial charge in [-0.3, -0.25) is 14.5 Å². The molecule has 1 amide bonds. The van der Waals surface area contributed by atoms with Crippen LogP contribution in [0.4, 0.5) is 8.78 Å². The van der Waals surface area contributed by atoms with Crippen LogP contribution in [0.2, 0.25) is 0 Å². The zero-order valence-corrected chi connectivity index (χ0v) is 10.2. The van der Waals surface area contributed by atoms with E-state index in [0.29, 0.717) is 19.5 Å². The first kappa shape index (κ1) is 13.6. The predicted molar refractivity (Wildman–Crippen MR) is 64.4 cm³/mol. The number of Topliss-reactive ketones (excluding diaryl/α,β-unsaturated/α-hetero) is 1. The number of nitrogens with zero attached hydrogens (tertiary/aromatic N) is 1. The van der Waals surface area contributed by atoms with E-state index < -0.39 is 28.9 Å². The van der Waals surface area contributed by atoms with Gasteiger partial charge in [-0.05, 0) is 25.1 Å². The van der Waals surface area contributed by atoms with Gasteiger partial charge in [-0.2, -0.15) is 0 Å². The maximum absolute atomic E-state index is 13.4. The Labute approximate surface area is 109 Å². The van der Waals surface area contributed by atoms with Gasteiger partial charge in [0.05, 0.1) is 18.0 Å². The molecule has 0 radical (unpaired) electrons. The van der Waals surface area contributed by atoms with Crippen molar-refractivity contribution in [2.45, 2.75) is 6.42 Å². The highest BCUT2D eigenvalue weighted by molar-refractivity contribution is 5.98. The second-order valence-corrected chi connectivity index (χ2v) is 4.64. The predicted octanol–water partition coefficient (Wildman–Crippen LogP) is 0.955. The molecular weight excluding hydrogens is 254 g/mol. The molecule has 1 fully saturated rings. The van der Waals surface area contributed by atoms with Crippen LogP contribution in [-0.2, 0) is 4.79 Å². The van der Waals surface area contributed by atoms with Crippen molar-refractivity contribution in [3.63, 3.8) is 0 Å². The Morgan fingerprint density at radius 2 is 1.95 bits per heavy atom. The lowest BCUT2D eigenvalue weighted by Crippen LogP contribution is -2.31. The second kappa shape index (κ2) is 5.44. The molecule has 1 aromatic rings. The molecule has 6 heteroatoms. The Morgan fingerprint density at radius 1 is 1.32 bits per heavy atom. The molecule has 1 saturated heterocycles. The van der Waals surface area contributed by atoms with Crippen LogP contribution in [-0.4, -0.2) is 36.2 Å². The second-order valence-electron chi connectivity index (χ2n) is 4.64. The first-order chi connectivity index (χ1) is 8.99. The molecule has 1 heterocycles. The highest BCUT2D eigenvalue weighted by Gasteiger charge is 2.29. The Bertz CT molecular complexity index is 499. The Kier molecular flexibility index (Phi) is 3.90. The number of benzene rings is 1.